The van der Waals surface area contributed by atoms with Gasteiger partial charge in [-0.3, -0.25) is 24.0 Å². The second-order valence-electron chi connectivity index (χ2n) is 32.1. The Kier molecular flexibility index (Phi) is 33.8. The van der Waals surface area contributed by atoms with Crippen LogP contribution in [0.25, 0.3) is 33.7 Å². The van der Waals surface area contributed by atoms with Crippen molar-refractivity contribution in [3.05, 3.63) is 143 Å². The maximum Gasteiger partial charge on any atom is 0.421 e. The molecule has 10 amide bonds. The fourth-order valence-electron chi connectivity index (χ4n) is 16.2. The molecule has 0 spiro atoms. The number of amides is 10. The van der Waals surface area contributed by atoms with Crippen LogP contribution in [0.3, 0.4) is 0 Å². The van der Waals surface area contributed by atoms with Crippen LogP contribution in [0.1, 0.15) is 98.4 Å². The highest BCUT2D eigenvalue weighted by molar-refractivity contribution is 7.88. The van der Waals surface area contributed by atoms with E-state index in [2.05, 4.69) is 48.5 Å². The van der Waals surface area contributed by atoms with Gasteiger partial charge >= 0.3 is 34.5 Å². The largest absolute Gasteiger partial charge is 0.461 e. The monoisotopic (exact) mass is 1850 g/mol. The first-order chi connectivity index (χ1) is 62.0. The Hall–Kier alpha value is -11.0. The molecule has 12 rings (SSSR count). The zero-order chi connectivity index (χ0) is 92.3. The summed E-state index contributed by atoms with van der Waals surface area (Å²) in [5, 5.41) is 102. The number of hydrogen-bond donors (Lipinski definition) is 17. The van der Waals surface area contributed by atoms with Crippen LogP contribution in [0.2, 0.25) is 0 Å². The fraction of sp³-hybridized carbons (Fsp3) is 0.466. The maximum absolute atomic E-state index is 14.7. The Morgan fingerprint density at radius 3 is 1.72 bits per heavy atom. The third kappa shape index (κ3) is 24.7. The molecule has 0 bridgehead atoms. The van der Waals surface area contributed by atoms with Crippen molar-refractivity contribution in [2.75, 3.05) is 105 Å². The summed E-state index contributed by atoms with van der Waals surface area (Å²) in [5.74, 6) is 3.13. The summed E-state index contributed by atoms with van der Waals surface area (Å²) in [6, 6.07) is 24.9. The van der Waals surface area contributed by atoms with Crippen molar-refractivity contribution in [2.24, 2.45) is 29.4 Å². The third-order valence-corrected chi connectivity index (χ3v) is 24.8. The number of aliphatic hydroxyl groups is 8. The number of carbonyl (C=O) groups is 9. The lowest BCUT2D eigenvalue weighted by Crippen LogP contribution is -2.60. The number of primary amides is 1. The lowest BCUT2D eigenvalue weighted by Gasteiger charge is -2.39. The number of halogens is 2. The van der Waals surface area contributed by atoms with E-state index < -0.39 is 163 Å². The Morgan fingerprint density at radius 2 is 1.17 bits per heavy atom. The molecule has 38 nitrogen and oxygen atoms in total. The first-order valence-electron chi connectivity index (χ1n) is 42.1. The minimum Gasteiger partial charge on any atom is -0.461 e. The van der Waals surface area contributed by atoms with Crippen molar-refractivity contribution in [3.63, 3.8) is 0 Å². The van der Waals surface area contributed by atoms with Gasteiger partial charge in [0, 0.05) is 122 Å². The average Bonchev–Trinajstić information content (AvgIpc) is 1.61. The molecule has 4 heterocycles. The van der Waals surface area contributed by atoms with Crippen LogP contribution in [0, 0.1) is 35.5 Å². The molecule has 17 atom stereocenters. The Labute approximate surface area is 751 Å². The van der Waals surface area contributed by atoms with Gasteiger partial charge in [-0.05, 0) is 118 Å². The molecule has 41 heteroatoms. The normalized spacial score (nSPS) is 23.8. The molecule has 2 saturated heterocycles. The van der Waals surface area contributed by atoms with Gasteiger partial charge in [-0.2, -0.15) is 13.1 Å². The minimum atomic E-state index is -4.28. The number of fused-ring (bicyclic) bond motifs is 7. The van der Waals surface area contributed by atoms with Crippen LogP contribution in [0.4, 0.5) is 41.9 Å². The number of aliphatic hydroxyl groups excluding tert-OH is 8. The molecule has 1 unspecified atom stereocenters. The average molecular weight is 1850 g/mol. The molecular formula is C88H105Cl2N11O27S. The van der Waals surface area contributed by atoms with Crippen molar-refractivity contribution >= 4 is 144 Å². The maximum atomic E-state index is 14.7. The zero-order valence-electron chi connectivity index (χ0n) is 70.3. The van der Waals surface area contributed by atoms with E-state index in [0.717, 1.165) is 31.2 Å². The smallest absolute Gasteiger partial charge is 0.421 e. The van der Waals surface area contributed by atoms with E-state index in [1.807, 2.05) is 10.8 Å². The number of urea groups is 1. The number of anilines is 4. The van der Waals surface area contributed by atoms with E-state index in [-0.39, 0.29) is 131 Å². The SMILES string of the molecule is CC(C)[C@H](NC(=O)OCCOCCNS(=O)(=O)NC(=O)OCC1[C@H]2CCC#CCC[C@@H]12)C(=O)N[C@@H](CCCNC(N)=O)C(=O)Nc1ccc(COC(=O)NCCC(=O)Nc2cc(/C=C/C(=O)N3C[C@@H](CCl)c4c3cc(O[C@H]3O[C@H](CO)[C@@H](O)[C@H](O)[C@H]3O)c3ccccc43)ccc2/C=C/C(=O)N2C[C@@H](CCl)c3c2cc(O[C@@H]2O[C@H](CO)[C@@H](O)[C@H](O)[C@H]2O)c2ccccc32)cc1. The van der Waals surface area contributed by atoms with Crippen LogP contribution in [-0.2, 0) is 69.2 Å². The lowest BCUT2D eigenvalue weighted by molar-refractivity contribution is -0.277. The number of benzene rings is 6. The second-order valence-corrected chi connectivity index (χ2v) is 34.2. The van der Waals surface area contributed by atoms with Crippen molar-refractivity contribution in [1.29, 1.82) is 0 Å². The third-order valence-electron chi connectivity index (χ3n) is 23.0. The molecule has 3 fully saturated rings. The van der Waals surface area contributed by atoms with Crippen molar-refractivity contribution in [1.82, 2.24) is 30.7 Å². The van der Waals surface area contributed by atoms with Gasteiger partial charge < -0.3 is 126 Å². The van der Waals surface area contributed by atoms with Crippen molar-refractivity contribution in [2.45, 2.75) is 151 Å². The molecule has 2 aliphatic carbocycles. The summed E-state index contributed by atoms with van der Waals surface area (Å²) in [4.78, 5) is 124. The number of nitrogens with zero attached hydrogens (tertiary/aromatic N) is 2. The summed E-state index contributed by atoms with van der Waals surface area (Å²) < 4.78 is 73.9. The standard InChI is InChI=1S/C88H105Cl2N11O27S/c1-47(2)74(98-87(117)122-35-34-121-33-32-94-129(119,120)99-88(118)124-46-60-54-12-5-3-4-6-13-55(54)60)82(114)97-61(18-11-30-92-85(91)115)81(113)95-53-25-20-49(21-26-53)45-123-86(116)93-31-29-69(104)96-62-36-48(22-27-70(105)100-41-51(39-89)72-58-16-9-7-14-56(58)65(37-63(72)100)125-83-79(111)77(109)75(107)67(43-102)127-83)19-23-50(62)24-28-71(106)101-42-52(40-90)73-59-17-10-8-15-57(59)66(38-64(73)101)126-84-80(112)78(110)76(108)68(44-103)128-84/h7-10,14-17,19-28,36-38,47,51-52,54-55,60-61,67-68,74-80,83-84,94,102-103,107-112H,5-6,11-13,18,29-35,39-46H2,1-2H3,(H,93,116)(H,95,113)(H,96,104)(H,97,114)(H,98,117)(H,99,118)(H3,91,92,115)/b27-22+,28-24+/t51-,52-,54-,55+,60?,61+,67-,68-,74+,75-,76-,77+,78+,79-,80-,83+,84-/m1/s1. The molecule has 4 aliphatic heterocycles. The number of carbonyl (C=O) groups excluding carboxylic acids is 9. The Morgan fingerprint density at radius 1 is 0.605 bits per heavy atom. The lowest BCUT2D eigenvalue weighted by atomic mass is 9.95. The van der Waals surface area contributed by atoms with Gasteiger partial charge in [0.05, 0.1) is 44.4 Å². The zero-order valence-corrected chi connectivity index (χ0v) is 72.7. The van der Waals surface area contributed by atoms with E-state index in [4.69, 9.17) is 66.8 Å². The molecule has 0 radical (unpaired) electrons. The first kappa shape index (κ1) is 97.0. The van der Waals surface area contributed by atoms with Gasteiger partial charge in [-0.1, -0.05) is 86.6 Å². The summed E-state index contributed by atoms with van der Waals surface area (Å²) in [7, 11) is -4.28. The van der Waals surface area contributed by atoms with Crippen LogP contribution in [0.15, 0.2) is 115 Å². The highest BCUT2D eigenvalue weighted by Crippen LogP contribution is 2.53. The van der Waals surface area contributed by atoms with E-state index in [0.29, 0.717) is 67.0 Å². The van der Waals surface area contributed by atoms with Gasteiger partial charge in [-0.25, -0.2) is 23.9 Å². The van der Waals surface area contributed by atoms with Gasteiger partial charge in [0.15, 0.2) is 0 Å². The quantitative estimate of drug-likeness (QED) is 0.00856. The van der Waals surface area contributed by atoms with Gasteiger partial charge in [-0.15, -0.1) is 35.0 Å². The number of hydrogen-bond acceptors (Lipinski definition) is 27. The number of rotatable bonds is 38. The molecule has 6 aliphatic rings. The van der Waals surface area contributed by atoms with Crippen LogP contribution < -0.4 is 66.4 Å². The van der Waals surface area contributed by atoms with Gasteiger partial charge in [0.2, 0.25) is 30.3 Å². The molecular weight excluding hydrogens is 1750 g/mol. The molecule has 129 heavy (non-hydrogen) atoms. The second kappa shape index (κ2) is 45.0. The highest BCUT2D eigenvalue weighted by Gasteiger charge is 2.51. The number of alkyl carbamates (subject to hydrolysis) is 2. The fourth-order valence-corrected chi connectivity index (χ4v) is 17.4. The number of alkyl halides is 2. The van der Waals surface area contributed by atoms with E-state index in [9.17, 15) is 92.4 Å². The summed E-state index contributed by atoms with van der Waals surface area (Å²) >= 11 is 13.3. The molecule has 6 aromatic carbocycles. The van der Waals surface area contributed by atoms with E-state index in [1.54, 1.807) is 98.8 Å². The highest BCUT2D eigenvalue weighted by atomic mass is 35.5. The summed E-state index contributed by atoms with van der Waals surface area (Å²) in [5.41, 5.74) is 8.99. The van der Waals surface area contributed by atoms with Crippen molar-refractivity contribution < 1.29 is 130 Å². The molecule has 1 saturated carbocycles. The number of nitrogens with one attached hydrogen (secondary N) is 8. The van der Waals surface area contributed by atoms with Crippen LogP contribution >= 0.6 is 23.2 Å². The summed E-state index contributed by atoms with van der Waals surface area (Å²) in [6.45, 7) is 0.751. The van der Waals surface area contributed by atoms with E-state index in [1.165, 1.54) is 46.2 Å². The van der Waals surface area contributed by atoms with E-state index >= 15 is 0 Å². The molecule has 6 aromatic rings. The Bertz CT molecular complexity index is 5280. The molecule has 694 valence electrons. The predicted octanol–water partition coefficient (Wildman–Crippen LogP) is 4.01. The molecule has 0 aromatic heterocycles. The van der Waals surface area contributed by atoms with Gasteiger partial charge in [0.25, 0.3) is 11.8 Å². The van der Waals surface area contributed by atoms with Crippen LogP contribution in [-0.4, -0.2) is 261 Å². The first-order valence-corrected chi connectivity index (χ1v) is 44.7. The molecule has 18 N–H and O–H groups in total. The number of nitrogens with two attached hydrogens (primary N) is 1. The Balaban J connectivity index is 0.666. The minimum absolute atomic E-state index is 0.0141. The van der Waals surface area contributed by atoms with Gasteiger partial charge in [0.1, 0.15) is 85.6 Å². The predicted molar refractivity (Wildman–Crippen MR) is 470 cm³/mol. The van der Waals surface area contributed by atoms with Crippen molar-refractivity contribution in [3.8, 4) is 23.3 Å². The number of ether oxygens (including phenoxy) is 8. The van der Waals surface area contributed by atoms with Crippen LogP contribution in [0.5, 0.6) is 11.5 Å². The summed E-state index contributed by atoms with van der Waals surface area (Å²) in [6.07, 6.45) is -10.4. The topological polar surface area (TPSA) is 552 Å².